The van der Waals surface area contributed by atoms with Crippen LogP contribution in [-0.4, -0.2) is 16.2 Å². The van der Waals surface area contributed by atoms with E-state index in [9.17, 15) is 4.39 Å². The SMILES string of the molecule is Cc1cc(N/N=C\c2ccccc2F)nc(NCc2ccccc2)n1. The van der Waals surface area contributed by atoms with Crippen molar-refractivity contribution in [2.24, 2.45) is 5.10 Å². The summed E-state index contributed by atoms with van der Waals surface area (Å²) in [6.07, 6.45) is 1.42. The molecule has 2 N–H and O–H groups in total. The molecule has 126 valence electrons. The second kappa shape index (κ2) is 8.01. The molecular formula is C19H18FN5. The summed E-state index contributed by atoms with van der Waals surface area (Å²) in [6, 6.07) is 18.2. The van der Waals surface area contributed by atoms with Crippen LogP contribution in [0, 0.1) is 12.7 Å². The Morgan fingerprint density at radius 1 is 1.04 bits per heavy atom. The highest BCUT2D eigenvalue weighted by molar-refractivity contribution is 5.80. The molecule has 0 fully saturated rings. The highest BCUT2D eigenvalue weighted by Crippen LogP contribution is 2.11. The molecule has 1 heterocycles. The Morgan fingerprint density at radius 2 is 1.80 bits per heavy atom. The molecule has 25 heavy (non-hydrogen) atoms. The Balaban J connectivity index is 1.66. The Morgan fingerprint density at radius 3 is 2.60 bits per heavy atom. The summed E-state index contributed by atoms with van der Waals surface area (Å²) < 4.78 is 13.6. The molecule has 0 unspecified atom stereocenters. The van der Waals surface area contributed by atoms with E-state index in [-0.39, 0.29) is 5.82 Å². The van der Waals surface area contributed by atoms with Gasteiger partial charge in [-0.05, 0) is 18.6 Å². The molecule has 1 aromatic heterocycles. The zero-order valence-corrected chi connectivity index (χ0v) is 13.8. The first-order chi connectivity index (χ1) is 12.2. The van der Waals surface area contributed by atoms with E-state index in [2.05, 4.69) is 25.8 Å². The van der Waals surface area contributed by atoms with Gasteiger partial charge in [0.1, 0.15) is 5.82 Å². The minimum atomic E-state index is -0.322. The van der Waals surface area contributed by atoms with E-state index in [1.54, 1.807) is 24.3 Å². The number of rotatable bonds is 6. The lowest BCUT2D eigenvalue weighted by Gasteiger charge is -2.08. The average Bonchev–Trinajstić information content (AvgIpc) is 2.62. The van der Waals surface area contributed by atoms with Crippen LogP contribution in [0.4, 0.5) is 16.2 Å². The maximum atomic E-state index is 13.6. The largest absolute Gasteiger partial charge is 0.350 e. The number of nitrogens with zero attached hydrogens (tertiary/aromatic N) is 3. The minimum absolute atomic E-state index is 0.322. The number of benzene rings is 2. The minimum Gasteiger partial charge on any atom is -0.350 e. The van der Waals surface area contributed by atoms with Gasteiger partial charge in [-0.2, -0.15) is 10.1 Å². The van der Waals surface area contributed by atoms with Gasteiger partial charge in [0, 0.05) is 23.9 Å². The van der Waals surface area contributed by atoms with Crippen LogP contribution in [0.15, 0.2) is 65.8 Å². The molecule has 0 aliphatic carbocycles. The van der Waals surface area contributed by atoms with Gasteiger partial charge in [0.15, 0.2) is 5.82 Å². The number of halogens is 1. The van der Waals surface area contributed by atoms with Crippen LogP contribution in [0.5, 0.6) is 0 Å². The van der Waals surface area contributed by atoms with Crippen LogP contribution in [0.3, 0.4) is 0 Å². The maximum absolute atomic E-state index is 13.6. The first kappa shape index (κ1) is 16.6. The van der Waals surface area contributed by atoms with Crippen molar-refractivity contribution in [3.63, 3.8) is 0 Å². The molecule has 5 nitrogen and oxygen atoms in total. The van der Waals surface area contributed by atoms with Crippen LogP contribution in [-0.2, 0) is 6.54 Å². The number of hydrogen-bond acceptors (Lipinski definition) is 5. The summed E-state index contributed by atoms with van der Waals surface area (Å²) in [4.78, 5) is 8.72. The first-order valence-corrected chi connectivity index (χ1v) is 7.88. The molecule has 0 amide bonds. The number of anilines is 2. The van der Waals surface area contributed by atoms with Gasteiger partial charge in [-0.15, -0.1) is 0 Å². The molecule has 6 heteroatoms. The third kappa shape index (κ3) is 4.84. The van der Waals surface area contributed by atoms with Crippen LogP contribution in [0.2, 0.25) is 0 Å². The summed E-state index contributed by atoms with van der Waals surface area (Å²) in [5, 5.41) is 7.23. The lowest BCUT2D eigenvalue weighted by atomic mass is 10.2. The Bertz CT molecular complexity index is 865. The molecule has 0 spiro atoms. The first-order valence-electron chi connectivity index (χ1n) is 7.88. The quantitative estimate of drug-likeness (QED) is 0.528. The van der Waals surface area contributed by atoms with Crippen molar-refractivity contribution in [2.45, 2.75) is 13.5 Å². The Hall–Kier alpha value is -3.28. The van der Waals surface area contributed by atoms with Gasteiger partial charge in [-0.25, -0.2) is 9.37 Å². The van der Waals surface area contributed by atoms with Crippen molar-refractivity contribution in [1.29, 1.82) is 0 Å². The van der Waals surface area contributed by atoms with Crippen molar-refractivity contribution in [1.82, 2.24) is 9.97 Å². The predicted molar refractivity (Wildman–Crippen MR) is 98.2 cm³/mol. The smallest absolute Gasteiger partial charge is 0.225 e. The highest BCUT2D eigenvalue weighted by Gasteiger charge is 2.02. The fraction of sp³-hybridized carbons (Fsp3) is 0.105. The van der Waals surface area contributed by atoms with Crippen LogP contribution >= 0.6 is 0 Å². The van der Waals surface area contributed by atoms with E-state index in [1.165, 1.54) is 12.3 Å². The second-order valence-electron chi connectivity index (χ2n) is 5.45. The fourth-order valence-corrected chi connectivity index (χ4v) is 2.23. The van der Waals surface area contributed by atoms with Gasteiger partial charge < -0.3 is 5.32 Å². The van der Waals surface area contributed by atoms with E-state index in [0.717, 1.165) is 11.3 Å². The van der Waals surface area contributed by atoms with Crippen molar-refractivity contribution < 1.29 is 4.39 Å². The van der Waals surface area contributed by atoms with Crippen molar-refractivity contribution in [3.8, 4) is 0 Å². The summed E-state index contributed by atoms with van der Waals surface area (Å²) in [6.45, 7) is 2.50. The summed E-state index contributed by atoms with van der Waals surface area (Å²) in [5.41, 5.74) is 5.16. The number of aromatic nitrogens is 2. The van der Waals surface area contributed by atoms with Crippen LogP contribution < -0.4 is 10.7 Å². The molecule has 0 saturated carbocycles. The van der Waals surface area contributed by atoms with E-state index in [0.29, 0.717) is 23.9 Å². The van der Waals surface area contributed by atoms with Gasteiger partial charge >= 0.3 is 0 Å². The standard InChI is InChI=1S/C19H18FN5/c1-14-11-18(25-22-13-16-9-5-6-10-17(16)20)24-19(23-14)21-12-15-7-3-2-4-8-15/h2-11,13H,12H2,1H3,(H2,21,23,24,25)/b22-13-. The van der Waals surface area contributed by atoms with E-state index in [4.69, 9.17) is 0 Å². The van der Waals surface area contributed by atoms with Crippen LogP contribution in [0.25, 0.3) is 0 Å². The molecule has 0 aliphatic heterocycles. The number of hydrazone groups is 1. The van der Waals surface area contributed by atoms with Gasteiger partial charge in [0.2, 0.25) is 5.95 Å². The zero-order valence-electron chi connectivity index (χ0n) is 13.8. The van der Waals surface area contributed by atoms with Gasteiger partial charge in [0.25, 0.3) is 0 Å². The monoisotopic (exact) mass is 335 g/mol. The van der Waals surface area contributed by atoms with Gasteiger partial charge in [0.05, 0.1) is 6.21 Å². The lowest BCUT2D eigenvalue weighted by molar-refractivity contribution is 0.626. The third-order valence-electron chi connectivity index (χ3n) is 3.44. The zero-order chi connectivity index (χ0) is 17.5. The summed E-state index contributed by atoms with van der Waals surface area (Å²) in [7, 11) is 0. The molecule has 0 radical (unpaired) electrons. The Kier molecular flexibility index (Phi) is 5.31. The molecule has 3 aromatic rings. The summed E-state index contributed by atoms with van der Waals surface area (Å²) in [5.74, 6) is 0.722. The molecule has 0 aliphatic rings. The van der Waals surface area contributed by atoms with E-state index in [1.807, 2.05) is 37.3 Å². The normalized spacial score (nSPS) is 10.8. The van der Waals surface area contributed by atoms with Crippen molar-refractivity contribution in [3.05, 3.63) is 83.3 Å². The van der Waals surface area contributed by atoms with E-state index >= 15 is 0 Å². The number of nitrogens with one attached hydrogen (secondary N) is 2. The molecule has 2 aromatic carbocycles. The van der Waals surface area contributed by atoms with Crippen molar-refractivity contribution in [2.75, 3.05) is 10.7 Å². The lowest BCUT2D eigenvalue weighted by Crippen LogP contribution is -2.06. The predicted octanol–water partition coefficient (Wildman–Crippen LogP) is 3.98. The summed E-state index contributed by atoms with van der Waals surface area (Å²) >= 11 is 0. The second-order valence-corrected chi connectivity index (χ2v) is 5.45. The van der Waals surface area contributed by atoms with Crippen LogP contribution in [0.1, 0.15) is 16.8 Å². The molecule has 0 saturated heterocycles. The molecular weight excluding hydrogens is 317 g/mol. The topological polar surface area (TPSA) is 62.2 Å². The molecule has 0 bridgehead atoms. The average molecular weight is 335 g/mol. The van der Waals surface area contributed by atoms with E-state index < -0.39 is 0 Å². The highest BCUT2D eigenvalue weighted by atomic mass is 19.1. The molecule has 0 atom stereocenters. The Labute approximate surface area is 145 Å². The van der Waals surface area contributed by atoms with Gasteiger partial charge in [-0.1, -0.05) is 48.5 Å². The fourth-order valence-electron chi connectivity index (χ4n) is 2.23. The van der Waals surface area contributed by atoms with Gasteiger partial charge in [-0.3, -0.25) is 5.43 Å². The number of hydrogen-bond donors (Lipinski definition) is 2. The third-order valence-corrected chi connectivity index (χ3v) is 3.44. The number of aryl methyl sites for hydroxylation is 1. The van der Waals surface area contributed by atoms with Crippen molar-refractivity contribution >= 4 is 18.0 Å². The maximum Gasteiger partial charge on any atom is 0.225 e. The molecule has 3 rings (SSSR count).